The van der Waals surface area contributed by atoms with E-state index in [-0.39, 0.29) is 6.42 Å². The number of halogens is 3. The van der Waals surface area contributed by atoms with Crippen LogP contribution in [0.5, 0.6) is 0 Å². The van der Waals surface area contributed by atoms with Gasteiger partial charge in [-0.3, -0.25) is 4.79 Å². The molecule has 2 N–H and O–H groups in total. The van der Waals surface area contributed by atoms with Gasteiger partial charge in [0.15, 0.2) is 0 Å². The monoisotopic (exact) mass is 431 g/mol. The van der Waals surface area contributed by atoms with E-state index in [1.807, 2.05) is 12.1 Å². The van der Waals surface area contributed by atoms with Crippen molar-refractivity contribution in [2.45, 2.75) is 12.5 Å². The van der Waals surface area contributed by atoms with E-state index in [1.54, 1.807) is 12.1 Å². The molecule has 1 amide bonds. The zero-order valence-corrected chi connectivity index (χ0v) is 13.9. The SMILES string of the molecule is O=C(N[C@H](Cc1ccccc1I)C(=O)O)c1ccc(F)cc1F. The van der Waals surface area contributed by atoms with Crippen molar-refractivity contribution in [3.05, 3.63) is 68.8 Å². The predicted molar refractivity (Wildman–Crippen MR) is 88.1 cm³/mol. The maximum absolute atomic E-state index is 13.6. The van der Waals surface area contributed by atoms with E-state index >= 15 is 0 Å². The molecule has 0 aliphatic heterocycles. The summed E-state index contributed by atoms with van der Waals surface area (Å²) in [7, 11) is 0. The van der Waals surface area contributed by atoms with Crippen molar-refractivity contribution in [1.29, 1.82) is 0 Å². The number of carboxylic acid groups (broad SMARTS) is 1. The Morgan fingerprint density at radius 1 is 1.17 bits per heavy atom. The van der Waals surface area contributed by atoms with Crippen LogP contribution in [0.2, 0.25) is 0 Å². The highest BCUT2D eigenvalue weighted by atomic mass is 127. The molecule has 1 atom stereocenters. The molecule has 23 heavy (non-hydrogen) atoms. The number of benzene rings is 2. The number of carbonyl (C=O) groups excluding carboxylic acids is 1. The van der Waals surface area contributed by atoms with Gasteiger partial charge < -0.3 is 10.4 Å². The van der Waals surface area contributed by atoms with Crippen LogP contribution in [0.25, 0.3) is 0 Å². The van der Waals surface area contributed by atoms with Gasteiger partial charge in [-0.1, -0.05) is 18.2 Å². The molecule has 4 nitrogen and oxygen atoms in total. The van der Waals surface area contributed by atoms with E-state index < -0.39 is 35.1 Å². The highest BCUT2D eigenvalue weighted by Gasteiger charge is 2.23. The molecule has 0 heterocycles. The minimum Gasteiger partial charge on any atom is -0.480 e. The maximum Gasteiger partial charge on any atom is 0.326 e. The average Bonchev–Trinajstić information content (AvgIpc) is 2.48. The first-order valence-corrected chi connectivity index (χ1v) is 7.68. The van der Waals surface area contributed by atoms with Crippen LogP contribution in [-0.2, 0) is 11.2 Å². The lowest BCUT2D eigenvalue weighted by molar-refractivity contribution is -0.139. The minimum atomic E-state index is -1.24. The molecule has 0 saturated carbocycles. The van der Waals surface area contributed by atoms with Crippen molar-refractivity contribution >= 4 is 34.5 Å². The second kappa shape index (κ2) is 7.49. The van der Waals surface area contributed by atoms with Gasteiger partial charge in [-0.2, -0.15) is 0 Å². The van der Waals surface area contributed by atoms with Crippen molar-refractivity contribution in [2.24, 2.45) is 0 Å². The number of nitrogens with one attached hydrogen (secondary N) is 1. The molecule has 0 bridgehead atoms. The van der Waals surface area contributed by atoms with E-state index in [0.29, 0.717) is 6.07 Å². The molecule has 0 fully saturated rings. The van der Waals surface area contributed by atoms with Crippen LogP contribution >= 0.6 is 22.6 Å². The van der Waals surface area contributed by atoms with Crippen LogP contribution in [0.15, 0.2) is 42.5 Å². The Morgan fingerprint density at radius 3 is 2.48 bits per heavy atom. The molecule has 0 aliphatic rings. The van der Waals surface area contributed by atoms with Crippen molar-refractivity contribution < 1.29 is 23.5 Å². The first kappa shape index (κ1) is 17.3. The molecule has 7 heteroatoms. The lowest BCUT2D eigenvalue weighted by Crippen LogP contribution is -2.42. The van der Waals surface area contributed by atoms with E-state index in [0.717, 1.165) is 21.3 Å². The second-order valence-electron chi connectivity index (χ2n) is 4.78. The minimum absolute atomic E-state index is 0.0585. The quantitative estimate of drug-likeness (QED) is 0.716. The molecule has 0 aromatic heterocycles. The smallest absolute Gasteiger partial charge is 0.326 e. The van der Waals surface area contributed by atoms with Gasteiger partial charge in [-0.05, 0) is 46.4 Å². The normalized spacial score (nSPS) is 11.8. The van der Waals surface area contributed by atoms with Gasteiger partial charge in [-0.25, -0.2) is 13.6 Å². The Hall–Kier alpha value is -2.03. The fourth-order valence-electron chi connectivity index (χ4n) is 1.99. The Labute approximate surface area is 144 Å². The summed E-state index contributed by atoms with van der Waals surface area (Å²) in [5.41, 5.74) is 0.348. The number of hydrogen-bond acceptors (Lipinski definition) is 2. The van der Waals surface area contributed by atoms with Gasteiger partial charge in [0.2, 0.25) is 0 Å². The van der Waals surface area contributed by atoms with Crippen molar-refractivity contribution in [3.63, 3.8) is 0 Å². The fraction of sp³-hybridized carbons (Fsp3) is 0.125. The molecule has 0 aliphatic carbocycles. The molecule has 2 rings (SSSR count). The topological polar surface area (TPSA) is 66.4 Å². The highest BCUT2D eigenvalue weighted by Crippen LogP contribution is 2.15. The Kier molecular flexibility index (Phi) is 5.64. The first-order valence-electron chi connectivity index (χ1n) is 6.60. The van der Waals surface area contributed by atoms with Crippen molar-refractivity contribution in [3.8, 4) is 0 Å². The molecule has 0 spiro atoms. The third-order valence-corrected chi connectivity index (χ3v) is 4.21. The number of hydrogen-bond donors (Lipinski definition) is 2. The summed E-state index contributed by atoms with van der Waals surface area (Å²) in [5, 5.41) is 11.5. The van der Waals surface area contributed by atoms with Crippen molar-refractivity contribution in [2.75, 3.05) is 0 Å². The standard InChI is InChI=1S/C16H12F2INO3/c17-10-5-6-11(12(18)8-10)15(21)20-14(16(22)23)7-9-3-1-2-4-13(9)19/h1-6,8,14H,7H2,(H,20,21)(H,22,23)/t14-/m1/s1. The number of aliphatic carboxylic acids is 1. The molecule has 0 unspecified atom stereocenters. The highest BCUT2D eigenvalue weighted by molar-refractivity contribution is 14.1. The van der Waals surface area contributed by atoms with Crippen molar-refractivity contribution in [1.82, 2.24) is 5.32 Å². The summed E-state index contributed by atoms with van der Waals surface area (Å²) in [5.74, 6) is -3.99. The van der Waals surface area contributed by atoms with Gasteiger partial charge in [0.1, 0.15) is 17.7 Å². The average molecular weight is 431 g/mol. The second-order valence-corrected chi connectivity index (χ2v) is 5.95. The molecular weight excluding hydrogens is 419 g/mol. The molecule has 2 aromatic carbocycles. The van der Waals surface area contributed by atoms with Gasteiger partial charge >= 0.3 is 5.97 Å². The fourth-order valence-corrected chi connectivity index (χ4v) is 2.60. The summed E-state index contributed by atoms with van der Waals surface area (Å²) in [6, 6.07) is 8.41. The molecule has 2 aromatic rings. The van der Waals surface area contributed by atoms with Crippen LogP contribution < -0.4 is 5.32 Å². The lowest BCUT2D eigenvalue weighted by atomic mass is 10.1. The number of rotatable bonds is 5. The largest absolute Gasteiger partial charge is 0.480 e. The third-order valence-electron chi connectivity index (χ3n) is 3.16. The third kappa shape index (κ3) is 4.47. The maximum atomic E-state index is 13.6. The molecule has 0 saturated heterocycles. The Bertz CT molecular complexity index is 752. The van der Waals surface area contributed by atoms with Crippen LogP contribution in [0.4, 0.5) is 8.78 Å². The van der Waals surface area contributed by atoms with E-state index in [1.165, 1.54) is 0 Å². The number of carbonyl (C=O) groups is 2. The van der Waals surface area contributed by atoms with E-state index in [9.17, 15) is 23.5 Å². The molecule has 0 radical (unpaired) electrons. The summed E-state index contributed by atoms with van der Waals surface area (Å²) in [4.78, 5) is 23.4. The van der Waals surface area contributed by atoms with Gasteiger partial charge in [-0.15, -0.1) is 0 Å². The zero-order chi connectivity index (χ0) is 17.0. The Morgan fingerprint density at radius 2 is 1.87 bits per heavy atom. The van der Waals surface area contributed by atoms with E-state index in [2.05, 4.69) is 27.9 Å². The van der Waals surface area contributed by atoms with Gasteiger partial charge in [0.25, 0.3) is 5.91 Å². The number of carboxylic acids is 1. The van der Waals surface area contributed by atoms with Gasteiger partial charge in [0.05, 0.1) is 5.56 Å². The van der Waals surface area contributed by atoms with E-state index in [4.69, 9.17) is 0 Å². The first-order chi connectivity index (χ1) is 10.9. The number of amides is 1. The molecular formula is C16H12F2INO3. The Balaban J connectivity index is 2.18. The predicted octanol–water partition coefficient (Wildman–Crippen LogP) is 3.00. The van der Waals surface area contributed by atoms with Crippen LogP contribution in [0.1, 0.15) is 15.9 Å². The summed E-state index contributed by atoms with van der Waals surface area (Å²) in [6.07, 6.45) is 0.0585. The molecule has 120 valence electrons. The summed E-state index contributed by atoms with van der Waals surface area (Å²) >= 11 is 2.06. The zero-order valence-electron chi connectivity index (χ0n) is 11.7. The lowest BCUT2D eigenvalue weighted by Gasteiger charge is -2.16. The van der Waals surface area contributed by atoms with Gasteiger partial charge in [0, 0.05) is 16.1 Å². The van der Waals surface area contributed by atoms with Crippen LogP contribution in [0.3, 0.4) is 0 Å². The van der Waals surface area contributed by atoms with Crippen LogP contribution in [0, 0.1) is 15.2 Å². The van der Waals surface area contributed by atoms with Crippen LogP contribution in [-0.4, -0.2) is 23.0 Å². The summed E-state index contributed by atoms with van der Waals surface area (Å²) in [6.45, 7) is 0. The summed E-state index contributed by atoms with van der Waals surface area (Å²) < 4.78 is 27.3.